The molecule has 0 radical (unpaired) electrons. The Hall–Kier alpha value is -4.52. The van der Waals surface area contributed by atoms with E-state index >= 15 is 0 Å². The maximum atomic E-state index is 13.7. The maximum absolute atomic E-state index is 13.7. The fourth-order valence-corrected chi connectivity index (χ4v) is 8.82. The highest BCUT2D eigenvalue weighted by Crippen LogP contribution is 2.43. The van der Waals surface area contributed by atoms with Crippen molar-refractivity contribution < 1.29 is 14.0 Å². The Balaban J connectivity index is 1.36. The summed E-state index contributed by atoms with van der Waals surface area (Å²) in [4.78, 5) is 18.8. The van der Waals surface area contributed by atoms with Gasteiger partial charge in [0.2, 0.25) is 0 Å². The van der Waals surface area contributed by atoms with E-state index in [0.717, 1.165) is 77.8 Å². The number of hydrogen-bond acceptors (Lipinski definition) is 4. The van der Waals surface area contributed by atoms with E-state index in [2.05, 4.69) is 149 Å². The molecule has 0 unspecified atom stereocenters. The number of ether oxygens (including phenoxy) is 1. The quantitative estimate of drug-likeness (QED) is 0.0495. The van der Waals surface area contributed by atoms with Gasteiger partial charge in [0.15, 0.2) is 14.1 Å². The average molecular weight is 725 g/mol. The monoisotopic (exact) mass is 724 g/mol. The first-order chi connectivity index (χ1) is 25.5. The molecule has 276 valence electrons. The minimum absolute atomic E-state index is 0.0143. The molecule has 0 N–H and O–H groups in total. The van der Waals surface area contributed by atoms with Crippen LogP contribution in [-0.2, 0) is 14.8 Å². The van der Waals surface area contributed by atoms with Crippen molar-refractivity contribution in [2.75, 3.05) is 6.61 Å². The Morgan fingerprint density at radius 2 is 1.38 bits per heavy atom. The van der Waals surface area contributed by atoms with E-state index in [0.29, 0.717) is 6.61 Å². The summed E-state index contributed by atoms with van der Waals surface area (Å²) in [5, 5.41) is 0.177. The number of aromatic nitrogens is 2. The summed E-state index contributed by atoms with van der Waals surface area (Å²) in [7, 11) is -1.84. The molecular weight excluding hydrogens is 669 g/mol. The molecule has 0 atom stereocenters. The van der Waals surface area contributed by atoms with Crippen molar-refractivity contribution in [2.45, 2.75) is 96.0 Å². The summed E-state index contributed by atoms with van der Waals surface area (Å²) >= 11 is 0. The summed E-state index contributed by atoms with van der Waals surface area (Å²) in [5.74, 6) is 0.965. The van der Waals surface area contributed by atoms with Crippen LogP contribution in [0.4, 0.5) is 0 Å². The van der Waals surface area contributed by atoms with Gasteiger partial charge in [-0.3, -0.25) is 4.79 Å². The van der Waals surface area contributed by atoms with Crippen molar-refractivity contribution in [1.82, 2.24) is 9.55 Å². The van der Waals surface area contributed by atoms with Crippen molar-refractivity contribution in [1.29, 1.82) is 0 Å². The van der Waals surface area contributed by atoms with Crippen molar-refractivity contribution in [3.8, 4) is 17.0 Å². The van der Waals surface area contributed by atoms with E-state index in [4.69, 9.17) is 14.1 Å². The topological polar surface area (TPSA) is 53.4 Å². The summed E-state index contributed by atoms with van der Waals surface area (Å²) < 4.78 is 15.4. The highest BCUT2D eigenvalue weighted by molar-refractivity contribution is 6.74. The third-order valence-electron chi connectivity index (χ3n) is 11.4. The number of ketones is 1. The predicted molar refractivity (Wildman–Crippen MR) is 221 cm³/mol. The van der Waals surface area contributed by atoms with Gasteiger partial charge in [-0.1, -0.05) is 143 Å². The molecule has 1 aliphatic rings. The summed E-state index contributed by atoms with van der Waals surface area (Å²) in [5.41, 5.74) is 5.29. The van der Waals surface area contributed by atoms with Crippen LogP contribution in [0.15, 0.2) is 128 Å². The first kappa shape index (κ1) is 38.2. The molecule has 1 fully saturated rings. The molecule has 1 aliphatic carbocycles. The predicted octanol–water partition coefficient (Wildman–Crippen LogP) is 11.7. The highest BCUT2D eigenvalue weighted by Gasteiger charge is 2.41. The van der Waals surface area contributed by atoms with Gasteiger partial charge in [-0.2, -0.15) is 0 Å². The molecule has 5 nitrogen and oxygen atoms in total. The van der Waals surface area contributed by atoms with Gasteiger partial charge in [-0.15, -0.1) is 0 Å². The van der Waals surface area contributed by atoms with Crippen molar-refractivity contribution in [3.05, 3.63) is 150 Å². The Labute approximate surface area is 318 Å². The molecule has 0 saturated heterocycles. The molecule has 1 heterocycles. The summed E-state index contributed by atoms with van der Waals surface area (Å²) in [6.45, 7) is 14.3. The van der Waals surface area contributed by atoms with Crippen molar-refractivity contribution in [2.24, 2.45) is 5.92 Å². The largest absolute Gasteiger partial charge is 0.493 e. The van der Waals surface area contributed by atoms with Crippen LogP contribution < -0.4 is 4.74 Å². The lowest BCUT2D eigenvalue weighted by atomic mass is 9.77. The van der Waals surface area contributed by atoms with Crippen LogP contribution in [0.3, 0.4) is 0 Å². The number of allylic oxidation sites excluding steroid dienone is 1. The van der Waals surface area contributed by atoms with Crippen LogP contribution >= 0.6 is 0 Å². The van der Waals surface area contributed by atoms with Gasteiger partial charge >= 0.3 is 0 Å². The fraction of sp³-hybridized carbons (Fsp3) is 0.362. The van der Waals surface area contributed by atoms with E-state index in [1.807, 2.05) is 24.5 Å². The second kappa shape index (κ2) is 16.7. The number of hydrogen-bond donors (Lipinski definition) is 0. The fourth-order valence-electron chi connectivity index (χ4n) is 7.40. The number of carbonyl (C=O) groups excluding carboxylic acids is 1. The van der Waals surface area contributed by atoms with Crippen LogP contribution in [0.25, 0.3) is 17.3 Å². The SMILES string of the molecule is CCCCOc1cccc(/C=C/C(=O)C2CCC(O[Si](C)(C)C(C)(C)C)CC2)c1-c1cn(C(c2ccccc2)(c2ccccc2)c2ccccc2)cn1. The standard InChI is InChI=1S/C47H56N2O3Si/c1-7-8-33-51-44-26-18-19-37(29-32-43(50)36-27-30-41(31-28-36)52-53(5,6)46(2,3)4)45(44)42-34-49(35-48-42)47(38-20-12-9-13-21-38,39-22-14-10-15-23-39)40-24-16-11-17-25-40/h9-26,29,32,34-36,41H,7-8,27-28,30-31,33H2,1-6H3/b32-29+. The van der Waals surface area contributed by atoms with E-state index < -0.39 is 13.9 Å². The molecule has 6 rings (SSSR count). The first-order valence-corrected chi connectivity index (χ1v) is 22.3. The van der Waals surface area contributed by atoms with Gasteiger partial charge in [0.1, 0.15) is 11.3 Å². The summed E-state index contributed by atoms with van der Waals surface area (Å²) in [6.07, 6.45) is 13.7. The number of imidazole rings is 1. The molecule has 0 spiro atoms. The van der Waals surface area contributed by atoms with Gasteiger partial charge in [-0.25, -0.2) is 4.98 Å². The molecule has 1 saturated carbocycles. The van der Waals surface area contributed by atoms with Crippen molar-refractivity contribution >= 4 is 20.2 Å². The highest BCUT2D eigenvalue weighted by atomic mass is 28.4. The molecule has 6 heteroatoms. The van der Waals surface area contributed by atoms with Crippen LogP contribution in [-0.4, -0.2) is 36.4 Å². The second-order valence-electron chi connectivity index (χ2n) is 16.0. The van der Waals surface area contributed by atoms with Crippen LogP contribution in [0.5, 0.6) is 5.75 Å². The van der Waals surface area contributed by atoms with Gasteiger partial charge in [0.05, 0.1) is 24.2 Å². The number of rotatable bonds is 14. The Morgan fingerprint density at radius 1 is 0.811 bits per heavy atom. The smallest absolute Gasteiger partial charge is 0.192 e. The third-order valence-corrected chi connectivity index (χ3v) is 15.9. The zero-order chi connectivity index (χ0) is 37.5. The number of carbonyl (C=O) groups is 1. The van der Waals surface area contributed by atoms with Crippen LogP contribution in [0.1, 0.15) is 88.5 Å². The maximum Gasteiger partial charge on any atom is 0.192 e. The molecule has 0 bridgehead atoms. The van der Waals surface area contributed by atoms with Gasteiger partial charge in [-0.05, 0) is 84.6 Å². The normalized spacial score (nSPS) is 16.9. The number of nitrogens with zero attached hydrogens (tertiary/aromatic N) is 2. The Kier molecular flexibility index (Phi) is 12.0. The van der Waals surface area contributed by atoms with Gasteiger partial charge in [0, 0.05) is 18.2 Å². The van der Waals surface area contributed by atoms with E-state index in [1.165, 1.54) is 0 Å². The zero-order valence-electron chi connectivity index (χ0n) is 32.4. The third kappa shape index (κ3) is 8.34. The number of unbranched alkanes of at least 4 members (excludes halogenated alkanes) is 1. The Bertz CT molecular complexity index is 1860. The van der Waals surface area contributed by atoms with E-state index in [9.17, 15) is 4.79 Å². The first-order valence-electron chi connectivity index (χ1n) is 19.4. The lowest BCUT2D eigenvalue weighted by Gasteiger charge is -2.41. The van der Waals surface area contributed by atoms with E-state index in [1.54, 1.807) is 6.08 Å². The molecule has 0 amide bonds. The van der Waals surface area contributed by atoms with Gasteiger partial charge < -0.3 is 13.7 Å². The van der Waals surface area contributed by atoms with Crippen LogP contribution in [0, 0.1) is 5.92 Å². The lowest BCUT2D eigenvalue weighted by molar-refractivity contribution is -0.119. The Morgan fingerprint density at radius 3 is 1.91 bits per heavy atom. The minimum atomic E-state index is -1.84. The molecule has 4 aromatic carbocycles. The lowest BCUT2D eigenvalue weighted by Crippen LogP contribution is -2.45. The van der Waals surface area contributed by atoms with Crippen LogP contribution in [0.2, 0.25) is 18.1 Å². The average Bonchev–Trinajstić information content (AvgIpc) is 3.65. The number of benzene rings is 4. The molecule has 5 aromatic rings. The minimum Gasteiger partial charge on any atom is -0.493 e. The summed E-state index contributed by atoms with van der Waals surface area (Å²) in [6, 6.07) is 38.0. The zero-order valence-corrected chi connectivity index (χ0v) is 33.4. The molecule has 1 aromatic heterocycles. The molecule has 53 heavy (non-hydrogen) atoms. The van der Waals surface area contributed by atoms with Crippen molar-refractivity contribution in [3.63, 3.8) is 0 Å². The molecule has 0 aliphatic heterocycles. The van der Waals surface area contributed by atoms with Gasteiger partial charge in [0.25, 0.3) is 0 Å². The van der Waals surface area contributed by atoms with E-state index in [-0.39, 0.29) is 22.8 Å². The second-order valence-corrected chi connectivity index (χ2v) is 20.7. The molecular formula is C47H56N2O3Si.